The summed E-state index contributed by atoms with van der Waals surface area (Å²) in [6.45, 7) is 0.151. The fourth-order valence-electron chi connectivity index (χ4n) is 3.16. The van der Waals surface area contributed by atoms with Gasteiger partial charge in [-0.05, 0) is 25.0 Å². The van der Waals surface area contributed by atoms with Crippen molar-refractivity contribution >= 4 is 21.8 Å². The molecule has 1 atom stereocenters. The van der Waals surface area contributed by atoms with Gasteiger partial charge in [0.15, 0.2) is 0 Å². The SMILES string of the molecule is O=C1[C@H]2CCCN2S(=O)(=O)N1Cc1cc(=O)n2ccccc2n1. The molecule has 4 rings (SSSR count). The van der Waals surface area contributed by atoms with Crippen LogP contribution in [0.4, 0.5) is 0 Å². The van der Waals surface area contributed by atoms with Gasteiger partial charge in [-0.15, -0.1) is 0 Å². The number of carbonyl (C=O) groups excluding carboxylic acids is 1. The molecule has 2 aromatic heterocycles. The number of amides is 1. The zero-order valence-electron chi connectivity index (χ0n) is 12.1. The van der Waals surface area contributed by atoms with Gasteiger partial charge in [-0.1, -0.05) is 6.07 Å². The largest absolute Gasteiger partial charge is 0.307 e. The Bertz CT molecular complexity index is 968. The van der Waals surface area contributed by atoms with Crippen molar-refractivity contribution in [3.05, 3.63) is 46.5 Å². The van der Waals surface area contributed by atoms with Crippen molar-refractivity contribution in [1.29, 1.82) is 0 Å². The summed E-state index contributed by atoms with van der Waals surface area (Å²) in [5, 5.41) is 0. The highest BCUT2D eigenvalue weighted by atomic mass is 32.2. The predicted octanol–water partition coefficient (Wildman–Crippen LogP) is -0.254. The predicted molar refractivity (Wildman–Crippen MR) is 80.7 cm³/mol. The third kappa shape index (κ3) is 2.07. The first-order valence-electron chi connectivity index (χ1n) is 7.29. The van der Waals surface area contributed by atoms with Gasteiger partial charge in [0.05, 0.1) is 12.2 Å². The lowest BCUT2D eigenvalue weighted by molar-refractivity contribution is -0.127. The lowest BCUT2D eigenvalue weighted by atomic mass is 10.2. The minimum Gasteiger partial charge on any atom is -0.272 e. The highest BCUT2D eigenvalue weighted by molar-refractivity contribution is 7.87. The summed E-state index contributed by atoms with van der Waals surface area (Å²) in [4.78, 5) is 28.7. The second-order valence-corrected chi connectivity index (χ2v) is 7.44. The molecule has 2 fully saturated rings. The van der Waals surface area contributed by atoms with Crippen LogP contribution in [0.3, 0.4) is 0 Å². The van der Waals surface area contributed by atoms with Crippen molar-refractivity contribution in [1.82, 2.24) is 18.0 Å². The second kappa shape index (κ2) is 4.87. The molecule has 0 radical (unpaired) electrons. The molecule has 0 unspecified atom stereocenters. The average molecular weight is 334 g/mol. The van der Waals surface area contributed by atoms with Crippen molar-refractivity contribution in [3.63, 3.8) is 0 Å². The van der Waals surface area contributed by atoms with Gasteiger partial charge in [0.2, 0.25) is 0 Å². The van der Waals surface area contributed by atoms with Crippen LogP contribution in [0.25, 0.3) is 5.65 Å². The van der Waals surface area contributed by atoms with E-state index in [1.54, 1.807) is 24.4 Å². The van der Waals surface area contributed by atoms with Crippen LogP contribution in [-0.4, -0.2) is 44.9 Å². The van der Waals surface area contributed by atoms with Crippen LogP contribution < -0.4 is 5.56 Å². The number of hydrogen-bond acceptors (Lipinski definition) is 5. The number of rotatable bonds is 2. The molecule has 0 spiro atoms. The summed E-state index contributed by atoms with van der Waals surface area (Å²) < 4.78 is 28.3. The van der Waals surface area contributed by atoms with Crippen LogP contribution in [0.1, 0.15) is 18.5 Å². The molecular formula is C14H14N4O4S. The molecule has 8 nitrogen and oxygen atoms in total. The van der Waals surface area contributed by atoms with E-state index in [0.29, 0.717) is 25.0 Å². The molecule has 4 heterocycles. The maximum atomic E-state index is 12.5. The summed E-state index contributed by atoms with van der Waals surface area (Å²) in [7, 11) is -3.81. The first-order valence-corrected chi connectivity index (χ1v) is 8.69. The second-order valence-electron chi connectivity index (χ2n) is 5.64. The van der Waals surface area contributed by atoms with E-state index < -0.39 is 22.2 Å². The van der Waals surface area contributed by atoms with E-state index in [1.165, 1.54) is 14.8 Å². The molecule has 0 bridgehead atoms. The standard InChI is InChI=1S/C14H14N4O4S/c19-13-8-10(15-12-5-1-2-6-16(12)13)9-18-14(20)11-4-3-7-17(11)23(18,21)22/h1-2,5-6,8,11H,3-4,7,9H2/t11-/m1/s1. The number of pyridine rings is 1. The third-order valence-electron chi connectivity index (χ3n) is 4.24. The van der Waals surface area contributed by atoms with Crippen molar-refractivity contribution in [3.8, 4) is 0 Å². The van der Waals surface area contributed by atoms with Crippen molar-refractivity contribution in [2.45, 2.75) is 25.4 Å². The van der Waals surface area contributed by atoms with E-state index in [4.69, 9.17) is 0 Å². The summed E-state index contributed by atoms with van der Waals surface area (Å²) in [5.74, 6) is -0.433. The minimum absolute atomic E-state index is 0.213. The van der Waals surface area contributed by atoms with Crippen molar-refractivity contribution in [2.75, 3.05) is 6.54 Å². The van der Waals surface area contributed by atoms with Crippen LogP contribution in [-0.2, 0) is 21.5 Å². The molecular weight excluding hydrogens is 320 g/mol. The molecule has 2 aromatic rings. The van der Waals surface area contributed by atoms with Crippen molar-refractivity contribution in [2.24, 2.45) is 0 Å². The van der Waals surface area contributed by atoms with Crippen LogP contribution in [0.15, 0.2) is 35.3 Å². The topological polar surface area (TPSA) is 92.1 Å². The molecule has 0 saturated carbocycles. The lowest BCUT2D eigenvalue weighted by Crippen LogP contribution is -2.34. The van der Waals surface area contributed by atoms with Gasteiger partial charge in [-0.25, -0.2) is 9.29 Å². The Balaban J connectivity index is 1.74. The monoisotopic (exact) mass is 334 g/mol. The summed E-state index contributed by atoms with van der Waals surface area (Å²) in [6, 6.07) is 5.77. The molecule has 0 aromatic carbocycles. The number of aromatic nitrogens is 2. The normalized spacial score (nSPS) is 23.6. The Morgan fingerprint density at radius 2 is 2.09 bits per heavy atom. The van der Waals surface area contributed by atoms with Gasteiger partial charge in [-0.3, -0.25) is 14.0 Å². The van der Waals surface area contributed by atoms with Crippen LogP contribution >= 0.6 is 0 Å². The molecule has 0 aliphatic carbocycles. The number of hydrogen-bond donors (Lipinski definition) is 0. The fraction of sp³-hybridized carbons (Fsp3) is 0.357. The zero-order chi connectivity index (χ0) is 16.2. The summed E-state index contributed by atoms with van der Waals surface area (Å²) in [5.41, 5.74) is 0.369. The van der Waals surface area contributed by atoms with E-state index in [1.807, 2.05) is 0 Å². The third-order valence-corrected chi connectivity index (χ3v) is 6.13. The average Bonchev–Trinajstić information content (AvgIpc) is 3.07. The highest BCUT2D eigenvalue weighted by Crippen LogP contribution is 2.32. The smallest absolute Gasteiger partial charge is 0.272 e. The van der Waals surface area contributed by atoms with Gasteiger partial charge < -0.3 is 0 Å². The van der Waals surface area contributed by atoms with Gasteiger partial charge in [0.1, 0.15) is 11.7 Å². The first-order chi connectivity index (χ1) is 11.0. The molecule has 120 valence electrons. The quantitative estimate of drug-likeness (QED) is 0.755. The zero-order valence-corrected chi connectivity index (χ0v) is 12.9. The highest BCUT2D eigenvalue weighted by Gasteiger charge is 2.52. The molecule has 23 heavy (non-hydrogen) atoms. The summed E-state index contributed by atoms with van der Waals surface area (Å²) in [6.07, 6.45) is 2.82. The number of nitrogens with zero attached hydrogens (tertiary/aromatic N) is 4. The Labute approximate surface area is 132 Å². The van der Waals surface area contributed by atoms with Crippen LogP contribution in [0.5, 0.6) is 0 Å². The maximum absolute atomic E-state index is 12.5. The summed E-state index contributed by atoms with van der Waals surface area (Å²) >= 11 is 0. The number of fused-ring (bicyclic) bond motifs is 2. The van der Waals surface area contributed by atoms with E-state index in [9.17, 15) is 18.0 Å². The Hall–Kier alpha value is -2.26. The van der Waals surface area contributed by atoms with E-state index >= 15 is 0 Å². The number of carbonyl (C=O) groups is 1. The van der Waals surface area contributed by atoms with Gasteiger partial charge in [0.25, 0.3) is 11.5 Å². The van der Waals surface area contributed by atoms with Gasteiger partial charge >= 0.3 is 10.2 Å². The molecule has 2 aliphatic rings. The van der Waals surface area contributed by atoms with Crippen LogP contribution in [0, 0.1) is 0 Å². The molecule has 2 saturated heterocycles. The van der Waals surface area contributed by atoms with Crippen LogP contribution in [0.2, 0.25) is 0 Å². The Morgan fingerprint density at radius 3 is 2.87 bits per heavy atom. The van der Waals surface area contributed by atoms with E-state index in [-0.39, 0.29) is 17.8 Å². The minimum atomic E-state index is -3.81. The van der Waals surface area contributed by atoms with Gasteiger partial charge in [-0.2, -0.15) is 12.7 Å². The molecule has 1 amide bonds. The fourth-order valence-corrected chi connectivity index (χ4v) is 4.93. The maximum Gasteiger partial charge on any atom is 0.307 e. The molecule has 9 heteroatoms. The first kappa shape index (κ1) is 14.3. The van der Waals surface area contributed by atoms with E-state index in [0.717, 1.165) is 4.31 Å². The lowest BCUT2D eigenvalue weighted by Gasteiger charge is -2.17. The molecule has 2 aliphatic heterocycles. The molecule has 0 N–H and O–H groups in total. The van der Waals surface area contributed by atoms with E-state index in [2.05, 4.69) is 4.98 Å². The Morgan fingerprint density at radius 1 is 1.26 bits per heavy atom. The van der Waals surface area contributed by atoms with Gasteiger partial charge in [0, 0.05) is 18.8 Å². The van der Waals surface area contributed by atoms with Crippen molar-refractivity contribution < 1.29 is 13.2 Å². The Kier molecular flexibility index (Phi) is 3.03.